The van der Waals surface area contributed by atoms with Crippen LogP contribution in [-0.2, 0) is 14.3 Å². The summed E-state index contributed by atoms with van der Waals surface area (Å²) in [6.45, 7) is 4.94. The zero-order chi connectivity index (χ0) is 56.4. The summed E-state index contributed by atoms with van der Waals surface area (Å²) in [5.74, 6) is -0.0327. The molecule has 6 heteroatoms. The maximum atomic E-state index is 12.5. The van der Waals surface area contributed by atoms with Crippen molar-refractivity contribution in [1.29, 1.82) is 0 Å². The van der Waals surface area contributed by atoms with Crippen molar-refractivity contribution in [2.24, 2.45) is 0 Å². The molecule has 1 amide bonds. The molecule has 0 aliphatic heterocycles. The number of carbonyl (C=O) groups excluding carboxylic acids is 2. The van der Waals surface area contributed by atoms with E-state index in [4.69, 9.17) is 4.74 Å². The van der Waals surface area contributed by atoms with Crippen molar-refractivity contribution in [3.05, 3.63) is 48.6 Å². The molecule has 0 fully saturated rings. The Kier molecular flexibility index (Phi) is 65.4. The van der Waals surface area contributed by atoms with Crippen molar-refractivity contribution in [2.45, 2.75) is 386 Å². The average molecular weight is 1090 g/mol. The Labute approximate surface area is 486 Å². The van der Waals surface area contributed by atoms with E-state index in [1.54, 1.807) is 0 Å². The van der Waals surface area contributed by atoms with Gasteiger partial charge in [0.25, 0.3) is 0 Å². The molecule has 0 aromatic rings. The van der Waals surface area contributed by atoms with Crippen LogP contribution in [0.1, 0.15) is 373 Å². The molecule has 0 rings (SSSR count). The largest absolute Gasteiger partial charge is 0.466 e. The second kappa shape index (κ2) is 67.3. The molecular formula is C72H135NO5. The number of aliphatic hydroxyl groups excluding tert-OH is 2. The quantitative estimate of drug-likeness (QED) is 0.0320. The van der Waals surface area contributed by atoms with Crippen molar-refractivity contribution in [1.82, 2.24) is 5.32 Å². The van der Waals surface area contributed by atoms with Crippen molar-refractivity contribution in [3.63, 3.8) is 0 Å². The Morgan fingerprint density at radius 1 is 0.359 bits per heavy atom. The SMILES string of the molecule is CCCCC/C=C\C/C=C\CCCCCCCCCC(=O)OCCCCCCCCCCC/C=C\C/C=C\CCCCCCCCCCCCCC(=O)NC(CO)C(O)CCCCCCCCCCCCCCCCCCC. The minimum absolute atomic E-state index is 0.00303. The molecular weight excluding hydrogens is 959 g/mol. The van der Waals surface area contributed by atoms with E-state index in [0.29, 0.717) is 25.9 Å². The molecule has 2 unspecified atom stereocenters. The first-order valence-corrected chi connectivity index (χ1v) is 34.9. The highest BCUT2D eigenvalue weighted by Gasteiger charge is 2.20. The lowest BCUT2D eigenvalue weighted by Gasteiger charge is -2.22. The predicted octanol–water partition coefficient (Wildman–Crippen LogP) is 22.5. The summed E-state index contributed by atoms with van der Waals surface area (Å²) in [7, 11) is 0. The summed E-state index contributed by atoms with van der Waals surface area (Å²) in [5.41, 5.74) is 0. The maximum absolute atomic E-state index is 12.5. The molecule has 0 aliphatic rings. The van der Waals surface area contributed by atoms with Crippen molar-refractivity contribution >= 4 is 11.9 Å². The van der Waals surface area contributed by atoms with Gasteiger partial charge in [-0.25, -0.2) is 0 Å². The van der Waals surface area contributed by atoms with Gasteiger partial charge in [-0.05, 0) is 89.9 Å². The van der Waals surface area contributed by atoms with Crippen molar-refractivity contribution in [3.8, 4) is 0 Å². The third kappa shape index (κ3) is 63.0. The highest BCUT2D eigenvalue weighted by molar-refractivity contribution is 5.76. The number of esters is 1. The first-order valence-electron chi connectivity index (χ1n) is 34.9. The van der Waals surface area contributed by atoms with Gasteiger partial charge in [0.1, 0.15) is 0 Å². The van der Waals surface area contributed by atoms with E-state index in [9.17, 15) is 19.8 Å². The van der Waals surface area contributed by atoms with Crippen LogP contribution >= 0.6 is 0 Å². The molecule has 0 aromatic carbocycles. The molecule has 2 atom stereocenters. The van der Waals surface area contributed by atoms with Gasteiger partial charge in [0, 0.05) is 12.8 Å². The van der Waals surface area contributed by atoms with Gasteiger partial charge in [-0.3, -0.25) is 9.59 Å². The first-order chi connectivity index (χ1) is 38.5. The van der Waals surface area contributed by atoms with E-state index < -0.39 is 12.1 Å². The van der Waals surface area contributed by atoms with E-state index in [-0.39, 0.29) is 18.5 Å². The summed E-state index contributed by atoms with van der Waals surface area (Å²) < 4.78 is 5.49. The van der Waals surface area contributed by atoms with Crippen LogP contribution in [0.3, 0.4) is 0 Å². The number of aliphatic hydroxyl groups is 2. The molecule has 0 aromatic heterocycles. The van der Waals surface area contributed by atoms with E-state index in [1.807, 2.05) is 0 Å². The van der Waals surface area contributed by atoms with E-state index in [2.05, 4.69) is 67.8 Å². The fourth-order valence-electron chi connectivity index (χ4n) is 10.8. The lowest BCUT2D eigenvalue weighted by molar-refractivity contribution is -0.143. The van der Waals surface area contributed by atoms with Gasteiger partial charge >= 0.3 is 5.97 Å². The van der Waals surface area contributed by atoms with Crippen LogP contribution < -0.4 is 5.32 Å². The Bertz CT molecular complexity index is 1310. The molecule has 3 N–H and O–H groups in total. The topological polar surface area (TPSA) is 95.9 Å². The fraction of sp³-hybridized carbons (Fsp3) is 0.861. The maximum Gasteiger partial charge on any atom is 0.305 e. The third-order valence-electron chi connectivity index (χ3n) is 16.1. The number of amides is 1. The Balaban J connectivity index is 3.42. The number of ether oxygens (including phenoxy) is 1. The second-order valence-electron chi connectivity index (χ2n) is 23.9. The number of rotatable bonds is 65. The lowest BCUT2D eigenvalue weighted by atomic mass is 10.0. The molecule has 0 aliphatic carbocycles. The third-order valence-corrected chi connectivity index (χ3v) is 16.1. The summed E-state index contributed by atoms with van der Waals surface area (Å²) >= 11 is 0. The van der Waals surface area contributed by atoms with Crippen LogP contribution in [0.25, 0.3) is 0 Å². The van der Waals surface area contributed by atoms with Crippen molar-refractivity contribution in [2.75, 3.05) is 13.2 Å². The molecule has 0 bridgehead atoms. The minimum atomic E-state index is -0.668. The standard InChI is InChI=1S/C72H135NO5/c1-3-5-7-9-11-13-15-17-19-32-36-40-44-48-52-56-60-64-70(75)69(68-74)73-71(76)65-61-57-53-49-45-41-37-34-30-28-26-24-22-21-23-25-27-29-31-35-39-43-47-51-55-59-63-67-78-72(77)66-62-58-54-50-46-42-38-33-20-18-16-14-12-10-8-6-4-2/h12,14,18,20-22,25,27,69-70,74-75H,3-11,13,15-17,19,23-24,26,28-68H2,1-2H3,(H,73,76)/b14-12-,20-18-,22-21-,27-25-. The normalized spacial score (nSPS) is 12.8. The summed E-state index contributed by atoms with van der Waals surface area (Å²) in [4.78, 5) is 24.6. The van der Waals surface area contributed by atoms with Crippen LogP contribution in [0.4, 0.5) is 0 Å². The van der Waals surface area contributed by atoms with Gasteiger partial charge in [0.15, 0.2) is 0 Å². The number of unbranched alkanes of at least 4 members (excludes halogenated alkanes) is 46. The molecule has 0 saturated carbocycles. The highest BCUT2D eigenvalue weighted by Crippen LogP contribution is 2.18. The number of carbonyl (C=O) groups is 2. The Morgan fingerprint density at radius 2 is 0.641 bits per heavy atom. The van der Waals surface area contributed by atoms with Crippen LogP contribution in [-0.4, -0.2) is 47.4 Å². The number of hydrogen-bond acceptors (Lipinski definition) is 5. The molecule has 78 heavy (non-hydrogen) atoms. The van der Waals surface area contributed by atoms with Crippen LogP contribution in [0.15, 0.2) is 48.6 Å². The number of hydrogen-bond donors (Lipinski definition) is 3. The summed E-state index contributed by atoms with van der Waals surface area (Å²) in [6.07, 6.45) is 87.2. The Morgan fingerprint density at radius 3 is 1.00 bits per heavy atom. The van der Waals surface area contributed by atoms with Crippen molar-refractivity contribution < 1.29 is 24.5 Å². The predicted molar refractivity (Wildman–Crippen MR) is 342 cm³/mol. The summed E-state index contributed by atoms with van der Waals surface area (Å²) in [6, 6.07) is -0.545. The van der Waals surface area contributed by atoms with Gasteiger partial charge in [0.05, 0.1) is 25.4 Å². The summed E-state index contributed by atoms with van der Waals surface area (Å²) in [5, 5.41) is 23.4. The van der Waals surface area contributed by atoms with E-state index >= 15 is 0 Å². The number of allylic oxidation sites excluding steroid dienone is 8. The van der Waals surface area contributed by atoms with Gasteiger partial charge in [-0.1, -0.05) is 319 Å². The van der Waals surface area contributed by atoms with E-state index in [0.717, 1.165) is 57.8 Å². The van der Waals surface area contributed by atoms with Gasteiger partial charge in [0.2, 0.25) is 5.91 Å². The monoisotopic (exact) mass is 1090 g/mol. The van der Waals surface area contributed by atoms with Crippen LogP contribution in [0.5, 0.6) is 0 Å². The second-order valence-corrected chi connectivity index (χ2v) is 23.9. The molecule has 0 heterocycles. The zero-order valence-electron chi connectivity index (χ0n) is 52.4. The molecule has 0 saturated heterocycles. The molecule has 0 spiro atoms. The molecule has 0 radical (unpaired) electrons. The highest BCUT2D eigenvalue weighted by atomic mass is 16.5. The zero-order valence-corrected chi connectivity index (χ0v) is 52.4. The molecule has 6 nitrogen and oxygen atoms in total. The van der Waals surface area contributed by atoms with E-state index in [1.165, 1.54) is 283 Å². The smallest absolute Gasteiger partial charge is 0.305 e. The average Bonchev–Trinajstić information content (AvgIpc) is 3.44. The van der Waals surface area contributed by atoms with Crippen LogP contribution in [0.2, 0.25) is 0 Å². The fourth-order valence-corrected chi connectivity index (χ4v) is 10.8. The Hall–Kier alpha value is -2.18. The van der Waals surface area contributed by atoms with Gasteiger partial charge < -0.3 is 20.3 Å². The van der Waals surface area contributed by atoms with Gasteiger partial charge in [-0.2, -0.15) is 0 Å². The first kappa shape index (κ1) is 75.8. The number of nitrogens with one attached hydrogen (secondary N) is 1. The molecule has 458 valence electrons. The van der Waals surface area contributed by atoms with Crippen LogP contribution in [0, 0.1) is 0 Å². The lowest BCUT2D eigenvalue weighted by Crippen LogP contribution is -2.45. The van der Waals surface area contributed by atoms with Gasteiger partial charge in [-0.15, -0.1) is 0 Å². The minimum Gasteiger partial charge on any atom is -0.466 e.